The van der Waals surface area contributed by atoms with E-state index in [9.17, 15) is 19.5 Å². The highest BCUT2D eigenvalue weighted by molar-refractivity contribution is 5.87. The molecule has 118 valence electrons. The van der Waals surface area contributed by atoms with Crippen molar-refractivity contribution >= 4 is 17.9 Å². The second-order valence-electron chi connectivity index (χ2n) is 6.02. The van der Waals surface area contributed by atoms with E-state index in [0.717, 1.165) is 32.4 Å². The Balaban J connectivity index is 1.76. The second kappa shape index (κ2) is 6.32. The monoisotopic (exact) mass is 297 g/mol. The van der Waals surface area contributed by atoms with Crippen molar-refractivity contribution in [2.24, 2.45) is 5.41 Å². The minimum absolute atomic E-state index is 0.0840. The van der Waals surface area contributed by atoms with Crippen LogP contribution in [0.25, 0.3) is 0 Å². The summed E-state index contributed by atoms with van der Waals surface area (Å²) >= 11 is 0. The molecular formula is C14H23N3O4. The highest BCUT2D eigenvalue weighted by Gasteiger charge is 2.44. The number of amides is 3. The molecule has 7 heteroatoms. The van der Waals surface area contributed by atoms with Crippen molar-refractivity contribution in [3.05, 3.63) is 0 Å². The molecule has 1 aliphatic carbocycles. The van der Waals surface area contributed by atoms with Gasteiger partial charge in [-0.15, -0.1) is 0 Å². The van der Waals surface area contributed by atoms with E-state index in [1.54, 1.807) is 11.8 Å². The fourth-order valence-electron chi connectivity index (χ4n) is 2.84. The summed E-state index contributed by atoms with van der Waals surface area (Å²) in [5.74, 6) is -0.950. The number of nitrogens with one attached hydrogen (secondary N) is 2. The quantitative estimate of drug-likeness (QED) is 0.690. The van der Waals surface area contributed by atoms with Gasteiger partial charge < -0.3 is 20.6 Å². The Morgan fingerprint density at radius 3 is 2.29 bits per heavy atom. The summed E-state index contributed by atoms with van der Waals surface area (Å²) in [5.41, 5.74) is -0.820. The normalized spacial score (nSPS) is 21.3. The fourth-order valence-corrected chi connectivity index (χ4v) is 2.84. The zero-order valence-corrected chi connectivity index (χ0v) is 12.4. The van der Waals surface area contributed by atoms with Gasteiger partial charge in [0.05, 0.1) is 5.41 Å². The molecule has 0 bridgehead atoms. The van der Waals surface area contributed by atoms with Crippen molar-refractivity contribution in [3.8, 4) is 0 Å². The number of carboxylic acid groups (broad SMARTS) is 1. The first kappa shape index (κ1) is 15.6. The lowest BCUT2D eigenvalue weighted by Crippen LogP contribution is -2.53. The van der Waals surface area contributed by atoms with Crippen molar-refractivity contribution in [1.29, 1.82) is 0 Å². The third-order valence-electron chi connectivity index (χ3n) is 4.49. The largest absolute Gasteiger partial charge is 0.481 e. The topological polar surface area (TPSA) is 98.7 Å². The first-order chi connectivity index (χ1) is 9.94. The fraction of sp³-hybridized carbons (Fsp3) is 0.786. The van der Waals surface area contributed by atoms with Crippen molar-refractivity contribution in [1.82, 2.24) is 15.5 Å². The molecule has 0 aromatic heterocycles. The Hall–Kier alpha value is -1.79. The summed E-state index contributed by atoms with van der Waals surface area (Å²) in [7, 11) is 0. The smallest absolute Gasteiger partial charge is 0.315 e. The van der Waals surface area contributed by atoms with E-state index in [4.69, 9.17) is 0 Å². The lowest BCUT2D eigenvalue weighted by molar-refractivity contribution is -0.153. The van der Waals surface area contributed by atoms with Crippen LogP contribution in [0.5, 0.6) is 0 Å². The molecule has 0 aromatic carbocycles. The Bertz CT molecular complexity index is 428. The Kier molecular flexibility index (Phi) is 4.69. The number of urea groups is 1. The van der Waals surface area contributed by atoms with Crippen LogP contribution >= 0.6 is 0 Å². The van der Waals surface area contributed by atoms with Gasteiger partial charge >= 0.3 is 12.0 Å². The maximum atomic E-state index is 12.0. The van der Waals surface area contributed by atoms with Gasteiger partial charge in [-0.3, -0.25) is 9.59 Å². The number of aliphatic carboxylic acids is 1. The number of carboxylic acids is 1. The number of rotatable bonds is 5. The first-order valence-electron chi connectivity index (χ1n) is 7.51. The predicted molar refractivity (Wildman–Crippen MR) is 75.7 cm³/mol. The van der Waals surface area contributed by atoms with Crippen LogP contribution in [0.1, 0.15) is 39.0 Å². The number of hydrogen-bond acceptors (Lipinski definition) is 3. The van der Waals surface area contributed by atoms with Crippen molar-refractivity contribution in [2.45, 2.75) is 45.1 Å². The molecule has 1 atom stereocenters. The van der Waals surface area contributed by atoms with Gasteiger partial charge in [0.25, 0.3) is 0 Å². The number of carbonyl (C=O) groups is 3. The number of carbonyl (C=O) groups excluding carboxylic acids is 2. The minimum atomic E-state index is -0.866. The summed E-state index contributed by atoms with van der Waals surface area (Å²) < 4.78 is 0. The number of hydrogen-bond donors (Lipinski definition) is 3. The number of likely N-dealkylation sites (tertiary alicyclic amines) is 1. The van der Waals surface area contributed by atoms with E-state index in [0.29, 0.717) is 12.8 Å². The van der Waals surface area contributed by atoms with Gasteiger partial charge in [-0.05, 0) is 32.6 Å². The molecule has 1 unspecified atom stereocenters. The molecule has 0 radical (unpaired) electrons. The first-order valence-corrected chi connectivity index (χ1v) is 7.51. The molecule has 2 aliphatic rings. The summed E-state index contributed by atoms with van der Waals surface area (Å²) in [6.07, 6.45) is 4.06. The Morgan fingerprint density at radius 1 is 1.19 bits per heavy atom. The third-order valence-corrected chi connectivity index (χ3v) is 4.49. The summed E-state index contributed by atoms with van der Waals surface area (Å²) in [5, 5.41) is 14.3. The lowest BCUT2D eigenvalue weighted by Gasteiger charge is -2.37. The highest BCUT2D eigenvalue weighted by Crippen LogP contribution is 2.40. The standard InChI is InChI=1S/C14H23N3O4/c1-10(11(18)17-7-2-3-8-17)16-13(21)15-9-14(12(19)20)5-4-6-14/h10H,2-9H2,1H3,(H,19,20)(H2,15,16,21). The van der Waals surface area contributed by atoms with E-state index in [2.05, 4.69) is 10.6 Å². The van der Waals surface area contributed by atoms with Crippen LogP contribution in [0.15, 0.2) is 0 Å². The van der Waals surface area contributed by atoms with Crippen LogP contribution in [0.4, 0.5) is 4.79 Å². The summed E-state index contributed by atoms with van der Waals surface area (Å²) in [4.78, 5) is 36.8. The molecule has 21 heavy (non-hydrogen) atoms. The number of nitrogens with zero attached hydrogens (tertiary/aromatic N) is 1. The van der Waals surface area contributed by atoms with Gasteiger partial charge in [-0.2, -0.15) is 0 Å². The molecule has 7 nitrogen and oxygen atoms in total. The molecular weight excluding hydrogens is 274 g/mol. The molecule has 1 heterocycles. The molecule has 3 amide bonds. The molecule has 2 fully saturated rings. The molecule has 0 spiro atoms. The average molecular weight is 297 g/mol. The van der Waals surface area contributed by atoms with Gasteiger partial charge in [0.2, 0.25) is 5.91 Å². The molecule has 3 N–H and O–H groups in total. The van der Waals surface area contributed by atoms with Crippen molar-refractivity contribution < 1.29 is 19.5 Å². The molecule has 1 saturated carbocycles. The third kappa shape index (κ3) is 3.46. The van der Waals surface area contributed by atoms with Gasteiger partial charge in [-0.1, -0.05) is 6.42 Å². The molecule has 1 aliphatic heterocycles. The lowest BCUT2D eigenvalue weighted by atomic mass is 9.69. The predicted octanol–water partition coefficient (Wildman–Crippen LogP) is 0.551. The van der Waals surface area contributed by atoms with Gasteiger partial charge in [0, 0.05) is 19.6 Å². The second-order valence-corrected chi connectivity index (χ2v) is 6.02. The summed E-state index contributed by atoms with van der Waals surface area (Å²) in [6.45, 7) is 3.25. The van der Waals surface area contributed by atoms with Crippen LogP contribution in [0.3, 0.4) is 0 Å². The van der Waals surface area contributed by atoms with E-state index >= 15 is 0 Å². The average Bonchev–Trinajstić information content (AvgIpc) is 2.89. The maximum absolute atomic E-state index is 12.0. The van der Waals surface area contributed by atoms with Crippen LogP contribution in [-0.2, 0) is 9.59 Å². The van der Waals surface area contributed by atoms with Crippen LogP contribution in [0.2, 0.25) is 0 Å². The Labute approximate surface area is 124 Å². The molecule has 2 rings (SSSR count). The van der Waals surface area contributed by atoms with E-state index in [-0.39, 0.29) is 12.5 Å². The molecule has 1 saturated heterocycles. The minimum Gasteiger partial charge on any atom is -0.481 e. The SMILES string of the molecule is CC(NC(=O)NCC1(C(=O)O)CCC1)C(=O)N1CCCC1. The van der Waals surface area contributed by atoms with Crippen molar-refractivity contribution in [2.75, 3.05) is 19.6 Å². The van der Waals surface area contributed by atoms with E-state index < -0.39 is 23.5 Å². The van der Waals surface area contributed by atoms with Gasteiger partial charge in [-0.25, -0.2) is 4.79 Å². The zero-order chi connectivity index (χ0) is 15.5. The molecule has 0 aromatic rings. The maximum Gasteiger partial charge on any atom is 0.315 e. The summed E-state index contributed by atoms with van der Waals surface area (Å²) in [6, 6.07) is -1.08. The van der Waals surface area contributed by atoms with Gasteiger partial charge in [0.1, 0.15) is 6.04 Å². The van der Waals surface area contributed by atoms with E-state index in [1.807, 2.05) is 0 Å². The van der Waals surface area contributed by atoms with E-state index in [1.165, 1.54) is 0 Å². The van der Waals surface area contributed by atoms with Crippen LogP contribution in [-0.4, -0.2) is 53.6 Å². The van der Waals surface area contributed by atoms with Crippen LogP contribution < -0.4 is 10.6 Å². The van der Waals surface area contributed by atoms with Gasteiger partial charge in [0.15, 0.2) is 0 Å². The van der Waals surface area contributed by atoms with Crippen molar-refractivity contribution in [3.63, 3.8) is 0 Å². The zero-order valence-electron chi connectivity index (χ0n) is 12.4. The van der Waals surface area contributed by atoms with Crippen LogP contribution in [0, 0.1) is 5.41 Å². The highest BCUT2D eigenvalue weighted by atomic mass is 16.4. The Morgan fingerprint density at radius 2 is 1.81 bits per heavy atom.